The van der Waals surface area contributed by atoms with Gasteiger partial charge in [-0.15, -0.1) is 0 Å². The summed E-state index contributed by atoms with van der Waals surface area (Å²) in [6.07, 6.45) is 0.814. The van der Waals surface area contributed by atoms with Crippen molar-refractivity contribution in [3.63, 3.8) is 0 Å². The Kier molecular flexibility index (Phi) is 3.35. The van der Waals surface area contributed by atoms with E-state index < -0.39 is 10.0 Å². The zero-order valence-electron chi connectivity index (χ0n) is 10.8. The predicted octanol–water partition coefficient (Wildman–Crippen LogP) is -0.707. The molecule has 8 heteroatoms. The summed E-state index contributed by atoms with van der Waals surface area (Å²) in [5.74, 6) is 0.0499. The van der Waals surface area contributed by atoms with Gasteiger partial charge in [-0.25, -0.2) is 13.1 Å². The van der Waals surface area contributed by atoms with Gasteiger partial charge in [0, 0.05) is 19.6 Å². The van der Waals surface area contributed by atoms with E-state index in [4.69, 9.17) is 5.73 Å². The Morgan fingerprint density at radius 3 is 2.56 bits per heavy atom. The van der Waals surface area contributed by atoms with Crippen LogP contribution in [0.1, 0.15) is 12.1 Å². The second-order valence-corrected chi connectivity index (χ2v) is 6.44. The molecule has 102 valence electrons. The highest BCUT2D eigenvalue weighted by atomic mass is 32.2. The number of nitrogens with two attached hydrogens (primary N) is 1. The number of hydrogen-bond acceptors (Lipinski definition) is 5. The highest BCUT2D eigenvalue weighted by molar-refractivity contribution is 7.89. The molecule has 1 aliphatic rings. The van der Waals surface area contributed by atoms with Crippen molar-refractivity contribution in [3.05, 3.63) is 5.69 Å². The zero-order chi connectivity index (χ0) is 13.5. The number of hydrogen-bond donors (Lipinski definition) is 2. The molecule has 1 aromatic rings. The third-order valence-corrected chi connectivity index (χ3v) is 4.97. The van der Waals surface area contributed by atoms with E-state index in [1.54, 1.807) is 14.0 Å². The maximum absolute atomic E-state index is 12.3. The van der Waals surface area contributed by atoms with Gasteiger partial charge >= 0.3 is 0 Å². The molecule has 7 nitrogen and oxygen atoms in total. The number of anilines is 1. The van der Waals surface area contributed by atoms with Crippen LogP contribution in [-0.2, 0) is 17.1 Å². The van der Waals surface area contributed by atoms with Gasteiger partial charge in [-0.3, -0.25) is 4.68 Å². The fourth-order valence-electron chi connectivity index (χ4n) is 2.26. The van der Waals surface area contributed by atoms with Gasteiger partial charge in [0.1, 0.15) is 4.90 Å². The van der Waals surface area contributed by atoms with Gasteiger partial charge in [-0.1, -0.05) is 0 Å². The first-order chi connectivity index (χ1) is 8.31. The highest BCUT2D eigenvalue weighted by Gasteiger charge is 2.29. The molecule has 1 aliphatic heterocycles. The van der Waals surface area contributed by atoms with Crippen LogP contribution in [0.5, 0.6) is 0 Å². The van der Waals surface area contributed by atoms with Crippen LogP contribution < -0.4 is 10.5 Å². The molecule has 0 aliphatic carbocycles. The normalized spacial score (nSPS) is 21.6. The van der Waals surface area contributed by atoms with Gasteiger partial charge < -0.3 is 10.6 Å². The largest absolute Gasteiger partial charge is 0.381 e. The Hall–Kier alpha value is -1.12. The van der Waals surface area contributed by atoms with Crippen molar-refractivity contribution in [2.75, 3.05) is 25.9 Å². The van der Waals surface area contributed by atoms with Gasteiger partial charge in [-0.05, 0) is 26.9 Å². The minimum Gasteiger partial charge on any atom is -0.381 e. The van der Waals surface area contributed by atoms with E-state index in [0.29, 0.717) is 5.69 Å². The number of likely N-dealkylation sites (N-methyl/N-ethyl adjacent to an activating group) is 1. The molecule has 18 heavy (non-hydrogen) atoms. The molecule has 0 aromatic carbocycles. The molecule has 1 saturated heterocycles. The van der Waals surface area contributed by atoms with Crippen molar-refractivity contribution in [2.24, 2.45) is 7.05 Å². The van der Waals surface area contributed by atoms with Crippen LogP contribution in [-0.4, -0.2) is 49.3 Å². The Balaban J connectivity index is 2.26. The van der Waals surface area contributed by atoms with Crippen molar-refractivity contribution < 1.29 is 8.42 Å². The molecule has 0 radical (unpaired) electrons. The van der Waals surface area contributed by atoms with Gasteiger partial charge in [0.2, 0.25) is 10.0 Å². The minimum absolute atomic E-state index is 0.0499. The molecule has 1 aromatic heterocycles. The number of nitrogens with zero attached hydrogens (tertiary/aromatic N) is 3. The van der Waals surface area contributed by atoms with E-state index in [-0.39, 0.29) is 16.8 Å². The lowest BCUT2D eigenvalue weighted by molar-refractivity contribution is 0.407. The maximum Gasteiger partial charge on any atom is 0.246 e. The van der Waals surface area contributed by atoms with E-state index >= 15 is 0 Å². The number of nitrogen functional groups attached to an aromatic ring is 1. The molecule has 1 atom stereocenters. The topological polar surface area (TPSA) is 93.2 Å². The third kappa shape index (κ3) is 2.36. The first kappa shape index (κ1) is 13.3. The molecule has 1 fully saturated rings. The lowest BCUT2D eigenvalue weighted by atomic mass is 10.3. The fraction of sp³-hybridized carbons (Fsp3) is 0.700. The summed E-state index contributed by atoms with van der Waals surface area (Å²) in [6.45, 7) is 3.31. The quantitative estimate of drug-likeness (QED) is 0.759. The molecule has 0 amide bonds. The fourth-order valence-corrected chi connectivity index (χ4v) is 3.84. The second-order valence-electron chi connectivity index (χ2n) is 4.79. The number of aryl methyl sites for hydroxylation is 1. The van der Waals surface area contributed by atoms with Crippen molar-refractivity contribution in [3.8, 4) is 0 Å². The Morgan fingerprint density at radius 2 is 2.11 bits per heavy atom. The van der Waals surface area contributed by atoms with Crippen LogP contribution in [0.4, 0.5) is 5.82 Å². The number of rotatable bonds is 3. The van der Waals surface area contributed by atoms with Crippen LogP contribution in [0.3, 0.4) is 0 Å². The van der Waals surface area contributed by atoms with E-state index in [2.05, 4.69) is 14.7 Å². The summed E-state index contributed by atoms with van der Waals surface area (Å²) in [7, 11) is 0.0522. The standard InChI is InChI=1S/C10H19N5O2S/c1-7-9(10(11)12-15(7)3)18(16,17)13-8-4-5-14(2)6-8/h8,13H,4-6H2,1-3H3,(H2,11,12). The van der Waals surface area contributed by atoms with Crippen molar-refractivity contribution in [2.45, 2.75) is 24.3 Å². The van der Waals surface area contributed by atoms with E-state index in [1.165, 1.54) is 4.68 Å². The zero-order valence-corrected chi connectivity index (χ0v) is 11.7. The summed E-state index contributed by atoms with van der Waals surface area (Å²) >= 11 is 0. The van der Waals surface area contributed by atoms with Gasteiger partial charge in [0.15, 0.2) is 5.82 Å². The predicted molar refractivity (Wildman–Crippen MR) is 68.6 cm³/mol. The van der Waals surface area contributed by atoms with Crippen molar-refractivity contribution in [1.82, 2.24) is 19.4 Å². The van der Waals surface area contributed by atoms with Crippen LogP contribution in [0.25, 0.3) is 0 Å². The lowest BCUT2D eigenvalue weighted by Crippen LogP contribution is -2.36. The minimum atomic E-state index is -3.59. The number of aromatic nitrogens is 2. The summed E-state index contributed by atoms with van der Waals surface area (Å²) in [5.41, 5.74) is 6.22. The monoisotopic (exact) mass is 273 g/mol. The Morgan fingerprint density at radius 1 is 1.44 bits per heavy atom. The summed E-state index contributed by atoms with van der Waals surface area (Å²) in [4.78, 5) is 2.19. The van der Waals surface area contributed by atoms with Gasteiger partial charge in [-0.2, -0.15) is 5.10 Å². The summed E-state index contributed by atoms with van der Waals surface area (Å²) in [5, 5.41) is 3.93. The molecule has 1 unspecified atom stereocenters. The van der Waals surface area contributed by atoms with Crippen molar-refractivity contribution >= 4 is 15.8 Å². The molecular weight excluding hydrogens is 254 g/mol. The van der Waals surface area contributed by atoms with Crippen LogP contribution >= 0.6 is 0 Å². The first-order valence-corrected chi connectivity index (χ1v) is 7.29. The molecule has 2 heterocycles. The molecule has 0 bridgehead atoms. The maximum atomic E-state index is 12.3. The number of sulfonamides is 1. The molecule has 0 saturated carbocycles. The summed E-state index contributed by atoms with van der Waals surface area (Å²) in [6, 6.07) is -0.0565. The SMILES string of the molecule is Cc1c(S(=O)(=O)NC2CCN(C)C2)c(N)nn1C. The highest BCUT2D eigenvalue weighted by Crippen LogP contribution is 2.22. The Bertz CT molecular complexity index is 551. The van der Waals surface area contributed by atoms with Gasteiger partial charge in [0.25, 0.3) is 0 Å². The average molecular weight is 273 g/mol. The van der Waals surface area contributed by atoms with Crippen LogP contribution in [0.2, 0.25) is 0 Å². The van der Waals surface area contributed by atoms with Crippen LogP contribution in [0.15, 0.2) is 4.90 Å². The second kappa shape index (κ2) is 4.52. The van der Waals surface area contributed by atoms with E-state index in [9.17, 15) is 8.42 Å². The number of likely N-dealkylation sites (tertiary alicyclic amines) is 1. The van der Waals surface area contributed by atoms with Crippen LogP contribution in [0, 0.1) is 6.92 Å². The first-order valence-electron chi connectivity index (χ1n) is 5.81. The summed E-state index contributed by atoms with van der Waals surface area (Å²) < 4.78 is 28.7. The lowest BCUT2D eigenvalue weighted by Gasteiger charge is -2.13. The third-order valence-electron chi connectivity index (χ3n) is 3.29. The molecule has 2 rings (SSSR count). The molecule has 3 N–H and O–H groups in total. The number of nitrogens with one attached hydrogen (secondary N) is 1. The van der Waals surface area contributed by atoms with E-state index in [1.807, 2.05) is 7.05 Å². The molecule has 0 spiro atoms. The Labute approximate surface area is 107 Å². The van der Waals surface area contributed by atoms with E-state index in [0.717, 1.165) is 19.5 Å². The average Bonchev–Trinajstić information content (AvgIpc) is 2.72. The smallest absolute Gasteiger partial charge is 0.246 e. The van der Waals surface area contributed by atoms with Crippen molar-refractivity contribution in [1.29, 1.82) is 0 Å². The molecular formula is C10H19N5O2S. The van der Waals surface area contributed by atoms with Gasteiger partial charge in [0.05, 0.1) is 5.69 Å².